The van der Waals surface area contributed by atoms with Crippen molar-refractivity contribution in [2.45, 2.75) is 25.9 Å². The maximum Gasteiger partial charge on any atom is 0.118 e. The van der Waals surface area contributed by atoms with Gasteiger partial charge >= 0.3 is 0 Å². The molecule has 0 atom stereocenters. The van der Waals surface area contributed by atoms with E-state index in [1.807, 2.05) is 24.3 Å². The van der Waals surface area contributed by atoms with E-state index in [4.69, 9.17) is 8.83 Å². The first-order valence-electron chi connectivity index (χ1n) is 5.21. The lowest BCUT2D eigenvalue weighted by atomic mass is 10.1. The normalized spacial score (nSPS) is 16.6. The molecule has 0 aliphatic carbocycles. The van der Waals surface area contributed by atoms with E-state index in [-0.39, 0.29) is 5.92 Å². The molecule has 78 valence electrons. The number of nitrogens with one attached hydrogen (secondary N) is 1. The van der Waals surface area contributed by atoms with Gasteiger partial charge in [0.1, 0.15) is 23.0 Å². The van der Waals surface area contributed by atoms with E-state index < -0.39 is 0 Å². The molecule has 3 rings (SSSR count). The first-order chi connectivity index (χ1) is 7.33. The minimum absolute atomic E-state index is 0.200. The van der Waals surface area contributed by atoms with Crippen molar-refractivity contribution in [1.82, 2.24) is 5.32 Å². The molecule has 0 saturated carbocycles. The van der Waals surface area contributed by atoms with Crippen LogP contribution in [0.5, 0.6) is 0 Å². The second-order valence-electron chi connectivity index (χ2n) is 3.93. The molecular weight excluding hydrogens is 190 g/mol. The molecule has 0 radical (unpaired) electrons. The van der Waals surface area contributed by atoms with Gasteiger partial charge in [-0.2, -0.15) is 0 Å². The Bertz CT molecular complexity index is 427. The molecule has 2 aromatic rings. The minimum Gasteiger partial charge on any atom is -0.464 e. The van der Waals surface area contributed by atoms with Gasteiger partial charge in [0.15, 0.2) is 0 Å². The van der Waals surface area contributed by atoms with Crippen LogP contribution in [0.2, 0.25) is 0 Å². The van der Waals surface area contributed by atoms with Crippen LogP contribution in [0.3, 0.4) is 0 Å². The summed E-state index contributed by atoms with van der Waals surface area (Å²) in [5.41, 5.74) is 0. The molecule has 0 saturated heterocycles. The van der Waals surface area contributed by atoms with E-state index in [0.717, 1.165) is 36.1 Å². The fourth-order valence-corrected chi connectivity index (χ4v) is 1.89. The van der Waals surface area contributed by atoms with E-state index in [9.17, 15) is 0 Å². The molecule has 15 heavy (non-hydrogen) atoms. The lowest BCUT2D eigenvalue weighted by molar-refractivity contribution is 0.374. The molecule has 0 amide bonds. The Balaban J connectivity index is 2.07. The highest BCUT2D eigenvalue weighted by Gasteiger charge is 2.17. The van der Waals surface area contributed by atoms with Crippen LogP contribution < -0.4 is 5.32 Å². The summed E-state index contributed by atoms with van der Waals surface area (Å²) in [4.78, 5) is 0. The molecule has 3 heteroatoms. The molecule has 0 fully saturated rings. The zero-order valence-corrected chi connectivity index (χ0v) is 8.62. The van der Waals surface area contributed by atoms with Crippen LogP contribution in [0.15, 0.2) is 33.1 Å². The van der Waals surface area contributed by atoms with Crippen LogP contribution in [0.4, 0.5) is 0 Å². The lowest BCUT2D eigenvalue weighted by Crippen LogP contribution is -2.11. The molecule has 3 heterocycles. The van der Waals surface area contributed by atoms with Crippen LogP contribution in [0.25, 0.3) is 0 Å². The summed E-state index contributed by atoms with van der Waals surface area (Å²) in [5, 5.41) is 3.27. The van der Waals surface area contributed by atoms with Crippen molar-refractivity contribution in [3.05, 3.63) is 47.3 Å². The van der Waals surface area contributed by atoms with Crippen molar-refractivity contribution in [2.75, 3.05) is 0 Å². The summed E-state index contributed by atoms with van der Waals surface area (Å²) in [6.07, 6.45) is 0. The molecule has 1 N–H and O–H groups in total. The molecule has 3 nitrogen and oxygen atoms in total. The smallest absolute Gasteiger partial charge is 0.118 e. The van der Waals surface area contributed by atoms with Gasteiger partial charge in [-0.1, -0.05) is 0 Å². The van der Waals surface area contributed by atoms with Gasteiger partial charge in [0, 0.05) is 0 Å². The summed E-state index contributed by atoms with van der Waals surface area (Å²) < 4.78 is 11.4. The molecule has 0 unspecified atom stereocenters. The van der Waals surface area contributed by atoms with E-state index in [2.05, 4.69) is 12.2 Å². The number of hydrogen-bond donors (Lipinski definition) is 1. The highest BCUT2D eigenvalue weighted by molar-refractivity contribution is 5.22. The SMILES string of the molecule is CC1c2ccc(o2)CNCc2ccc1o2. The largest absolute Gasteiger partial charge is 0.464 e. The van der Waals surface area contributed by atoms with E-state index in [1.54, 1.807) is 0 Å². The third-order valence-electron chi connectivity index (χ3n) is 2.82. The summed E-state index contributed by atoms with van der Waals surface area (Å²) in [7, 11) is 0. The number of hydrogen-bond acceptors (Lipinski definition) is 3. The molecule has 0 aromatic carbocycles. The molecule has 2 aromatic heterocycles. The fourth-order valence-electron chi connectivity index (χ4n) is 1.89. The molecule has 4 bridgehead atoms. The van der Waals surface area contributed by atoms with Gasteiger partial charge in [-0.25, -0.2) is 0 Å². The van der Waals surface area contributed by atoms with Crippen molar-refractivity contribution in [3.63, 3.8) is 0 Å². The average molecular weight is 203 g/mol. The van der Waals surface area contributed by atoms with Gasteiger partial charge in [0.2, 0.25) is 0 Å². The van der Waals surface area contributed by atoms with Crippen LogP contribution in [0, 0.1) is 0 Å². The summed E-state index contributed by atoms with van der Waals surface area (Å²) in [6.45, 7) is 3.60. The number of rotatable bonds is 0. The molecular formula is C12H13NO2. The predicted molar refractivity (Wildman–Crippen MR) is 55.5 cm³/mol. The molecule has 1 aliphatic rings. The summed E-state index contributed by atoms with van der Waals surface area (Å²) in [5.74, 6) is 4.11. The van der Waals surface area contributed by atoms with Gasteiger partial charge in [-0.15, -0.1) is 0 Å². The molecule has 0 spiro atoms. The Labute approximate surface area is 88.1 Å². The predicted octanol–water partition coefficient (Wildman–Crippen LogP) is 2.63. The van der Waals surface area contributed by atoms with Crippen molar-refractivity contribution < 1.29 is 8.83 Å². The second-order valence-corrected chi connectivity index (χ2v) is 3.93. The van der Waals surface area contributed by atoms with Gasteiger partial charge in [0.05, 0.1) is 19.0 Å². The van der Waals surface area contributed by atoms with E-state index >= 15 is 0 Å². The highest BCUT2D eigenvalue weighted by Crippen LogP contribution is 2.28. The minimum atomic E-state index is 0.200. The third-order valence-corrected chi connectivity index (χ3v) is 2.82. The Morgan fingerprint density at radius 2 is 1.53 bits per heavy atom. The first kappa shape index (κ1) is 8.80. The van der Waals surface area contributed by atoms with Crippen LogP contribution in [0.1, 0.15) is 35.9 Å². The van der Waals surface area contributed by atoms with Gasteiger partial charge in [0.25, 0.3) is 0 Å². The van der Waals surface area contributed by atoms with Gasteiger partial charge < -0.3 is 14.2 Å². The third kappa shape index (κ3) is 1.49. The van der Waals surface area contributed by atoms with E-state index in [1.165, 1.54) is 0 Å². The Hall–Kier alpha value is -1.48. The zero-order valence-electron chi connectivity index (χ0n) is 8.62. The van der Waals surface area contributed by atoms with Crippen LogP contribution in [-0.4, -0.2) is 0 Å². The Morgan fingerprint density at radius 3 is 2.07 bits per heavy atom. The maximum absolute atomic E-state index is 5.72. The molecule has 1 aliphatic heterocycles. The quantitative estimate of drug-likeness (QED) is 0.715. The number of fused-ring (bicyclic) bond motifs is 4. The van der Waals surface area contributed by atoms with Crippen LogP contribution >= 0.6 is 0 Å². The van der Waals surface area contributed by atoms with Crippen molar-refractivity contribution in [1.29, 1.82) is 0 Å². The summed E-state index contributed by atoms with van der Waals surface area (Å²) in [6, 6.07) is 8.09. The number of furan rings is 2. The summed E-state index contributed by atoms with van der Waals surface area (Å²) >= 11 is 0. The van der Waals surface area contributed by atoms with Gasteiger partial charge in [-0.05, 0) is 31.2 Å². The Morgan fingerprint density at radius 1 is 1.00 bits per heavy atom. The Kier molecular flexibility index (Phi) is 1.92. The van der Waals surface area contributed by atoms with Crippen LogP contribution in [-0.2, 0) is 13.1 Å². The second kappa shape index (κ2) is 3.28. The van der Waals surface area contributed by atoms with Crippen molar-refractivity contribution in [3.8, 4) is 0 Å². The monoisotopic (exact) mass is 203 g/mol. The standard InChI is InChI=1S/C12H13NO2/c1-8-11-4-2-9(14-11)6-13-7-10-3-5-12(8)15-10/h2-5,8,13H,6-7H2,1H3. The topological polar surface area (TPSA) is 38.3 Å². The van der Waals surface area contributed by atoms with Crippen molar-refractivity contribution >= 4 is 0 Å². The van der Waals surface area contributed by atoms with E-state index in [0.29, 0.717) is 0 Å². The first-order valence-corrected chi connectivity index (χ1v) is 5.21. The fraction of sp³-hybridized carbons (Fsp3) is 0.333. The highest BCUT2D eigenvalue weighted by atomic mass is 16.4. The zero-order chi connectivity index (χ0) is 10.3. The lowest BCUT2D eigenvalue weighted by Gasteiger charge is -2.07. The van der Waals surface area contributed by atoms with Gasteiger partial charge in [-0.3, -0.25) is 0 Å². The average Bonchev–Trinajstić information content (AvgIpc) is 2.84. The van der Waals surface area contributed by atoms with Crippen molar-refractivity contribution in [2.24, 2.45) is 0 Å². The maximum atomic E-state index is 5.72.